The number of anilines is 2. The van der Waals surface area contributed by atoms with Crippen molar-refractivity contribution in [2.75, 3.05) is 63.2 Å². The number of piperidine rings is 1. The first-order chi connectivity index (χ1) is 17.0. The summed E-state index contributed by atoms with van der Waals surface area (Å²) in [5, 5.41) is 7.46. The molecule has 3 N–H and O–H groups in total. The van der Waals surface area contributed by atoms with E-state index in [1.807, 2.05) is 6.07 Å². The van der Waals surface area contributed by atoms with Crippen LogP contribution in [0.15, 0.2) is 23.1 Å². The molecule has 2 fully saturated rings. The zero-order valence-electron chi connectivity index (χ0n) is 19.1. The summed E-state index contributed by atoms with van der Waals surface area (Å²) < 4.78 is 14.4. The molecule has 2 saturated heterocycles. The topological polar surface area (TPSA) is 110 Å². The number of fused-ring (bicyclic) bond motifs is 1. The molecule has 2 aliphatic rings. The van der Waals surface area contributed by atoms with Crippen LogP contribution in [-0.4, -0.2) is 84.0 Å². The third-order valence-electron chi connectivity index (χ3n) is 6.26. The van der Waals surface area contributed by atoms with Crippen molar-refractivity contribution in [3.05, 3.63) is 32.3 Å². The fraction of sp³-hybridized carbons (Fsp3) is 0.500. The minimum Gasteiger partial charge on any atom is -0.490 e. The zero-order valence-corrected chi connectivity index (χ0v) is 22.2. The van der Waals surface area contributed by atoms with Gasteiger partial charge in [0.25, 0.3) is 5.91 Å². The normalized spacial score (nSPS) is 19.3. The molecule has 35 heavy (non-hydrogen) atoms. The quantitative estimate of drug-likeness (QED) is 0.436. The number of amides is 1. The molecule has 0 aromatic carbocycles. The van der Waals surface area contributed by atoms with Crippen LogP contribution in [0, 0.1) is 0 Å². The van der Waals surface area contributed by atoms with E-state index in [9.17, 15) is 4.79 Å². The Morgan fingerprint density at radius 1 is 1.34 bits per heavy atom. The number of hydrogen-bond acceptors (Lipinski definition) is 9. The molecule has 188 valence electrons. The number of nitrogen functional groups attached to an aromatic ring is 1. The maximum Gasteiger partial charge on any atom is 0.265 e. The number of nitrogens with zero attached hydrogens (tertiary/aromatic N) is 5. The van der Waals surface area contributed by atoms with Crippen LogP contribution in [0.5, 0.6) is 5.75 Å². The number of morpholine rings is 1. The summed E-state index contributed by atoms with van der Waals surface area (Å²) in [4.78, 5) is 22.3. The molecule has 0 bridgehead atoms. The fourth-order valence-corrected chi connectivity index (χ4v) is 6.08. The van der Waals surface area contributed by atoms with Crippen LogP contribution in [-0.2, 0) is 4.74 Å². The van der Waals surface area contributed by atoms with Gasteiger partial charge in [0, 0.05) is 44.8 Å². The Morgan fingerprint density at radius 3 is 3.00 bits per heavy atom. The monoisotopic (exact) mass is 583 g/mol. The van der Waals surface area contributed by atoms with Crippen LogP contribution in [0.2, 0.25) is 4.34 Å². The van der Waals surface area contributed by atoms with Gasteiger partial charge in [-0.2, -0.15) is 5.10 Å². The number of rotatable bonds is 7. The van der Waals surface area contributed by atoms with Crippen molar-refractivity contribution in [1.82, 2.24) is 24.8 Å². The van der Waals surface area contributed by atoms with Gasteiger partial charge in [-0.25, -0.2) is 9.50 Å². The average molecular weight is 585 g/mol. The molecule has 2 aliphatic heterocycles. The van der Waals surface area contributed by atoms with Gasteiger partial charge in [-0.3, -0.25) is 9.69 Å². The van der Waals surface area contributed by atoms with E-state index in [-0.39, 0.29) is 11.9 Å². The number of aromatic nitrogens is 3. The lowest BCUT2D eigenvalue weighted by Crippen LogP contribution is -2.47. The predicted molar refractivity (Wildman–Crippen MR) is 140 cm³/mol. The first-order valence-corrected chi connectivity index (χ1v) is 13.5. The van der Waals surface area contributed by atoms with Crippen LogP contribution in [0.3, 0.4) is 0 Å². The number of nitrogens with two attached hydrogens (primary N) is 1. The maximum absolute atomic E-state index is 13.2. The Kier molecular flexibility index (Phi) is 7.63. The summed E-state index contributed by atoms with van der Waals surface area (Å²) >= 11 is 11.0. The molecular formula is C22H27BrClN7O3S. The lowest BCUT2D eigenvalue weighted by molar-refractivity contribution is 0.0322. The average Bonchev–Trinajstić information content (AvgIpc) is 3.40. The highest BCUT2D eigenvalue weighted by molar-refractivity contribution is 9.10. The van der Waals surface area contributed by atoms with Gasteiger partial charge in [0.1, 0.15) is 33.7 Å². The van der Waals surface area contributed by atoms with Crippen molar-refractivity contribution in [2.24, 2.45) is 0 Å². The van der Waals surface area contributed by atoms with Crippen LogP contribution >= 0.6 is 38.9 Å². The molecule has 3 aromatic heterocycles. The number of carbonyl (C=O) groups excluding carboxylic acids is 1. The summed E-state index contributed by atoms with van der Waals surface area (Å²) in [7, 11) is 0. The Balaban J connectivity index is 1.23. The van der Waals surface area contributed by atoms with E-state index in [1.165, 1.54) is 17.7 Å². The van der Waals surface area contributed by atoms with E-state index in [1.54, 1.807) is 10.6 Å². The van der Waals surface area contributed by atoms with Crippen molar-refractivity contribution in [3.8, 4) is 5.75 Å². The molecule has 10 nitrogen and oxygen atoms in total. The molecule has 5 heterocycles. The summed E-state index contributed by atoms with van der Waals surface area (Å²) in [6, 6.07) is 3.68. The van der Waals surface area contributed by atoms with E-state index < -0.39 is 0 Å². The highest BCUT2D eigenvalue weighted by atomic mass is 79.9. The van der Waals surface area contributed by atoms with Crippen molar-refractivity contribution in [3.63, 3.8) is 0 Å². The smallest absolute Gasteiger partial charge is 0.265 e. The molecule has 0 unspecified atom stereocenters. The molecule has 13 heteroatoms. The van der Waals surface area contributed by atoms with Gasteiger partial charge in [0.05, 0.1) is 23.2 Å². The van der Waals surface area contributed by atoms with Gasteiger partial charge in [-0.05, 0) is 34.8 Å². The minimum absolute atomic E-state index is 0.0297. The molecule has 0 saturated carbocycles. The van der Waals surface area contributed by atoms with Gasteiger partial charge < -0.3 is 25.4 Å². The second-order valence-electron chi connectivity index (χ2n) is 8.56. The number of ether oxygens (including phenoxy) is 2. The fourth-order valence-electron chi connectivity index (χ4n) is 4.54. The Bertz CT molecular complexity index is 1200. The highest BCUT2D eigenvalue weighted by Crippen LogP contribution is 2.35. The number of halogens is 2. The number of thiophene rings is 1. The molecule has 1 atom stereocenters. The number of hydrogen-bond donors (Lipinski definition) is 2. The molecule has 5 rings (SSSR count). The molecule has 0 radical (unpaired) electrons. The van der Waals surface area contributed by atoms with Gasteiger partial charge in [0.2, 0.25) is 0 Å². The Labute approximate surface area is 220 Å². The Hall–Kier alpha value is -2.12. The summed E-state index contributed by atoms with van der Waals surface area (Å²) in [6.45, 7) is 6.05. The standard InChI is InChI=1S/C22H27BrClN7O3S/c23-17-10-15(19-21(25)26-13-27-31(17)19)30-3-1-2-14(12-30)28-22(32)20-16(11-18(24)35-20)34-9-6-29-4-7-33-8-5-29/h10-11,13-14H,1-9,12H2,(H,28,32)(H2,25,26,27)/t14-/m1/s1. The van der Waals surface area contributed by atoms with E-state index in [0.29, 0.717) is 33.9 Å². The number of nitrogens with one attached hydrogen (secondary N) is 1. The lowest BCUT2D eigenvalue weighted by Gasteiger charge is -2.34. The van der Waals surface area contributed by atoms with Gasteiger partial charge >= 0.3 is 0 Å². The first-order valence-electron chi connectivity index (χ1n) is 11.6. The third-order valence-corrected chi connectivity index (χ3v) is 8.07. The van der Waals surface area contributed by atoms with E-state index in [0.717, 1.165) is 68.0 Å². The van der Waals surface area contributed by atoms with Crippen LogP contribution < -0.4 is 20.7 Å². The van der Waals surface area contributed by atoms with Gasteiger partial charge in [-0.15, -0.1) is 11.3 Å². The van der Waals surface area contributed by atoms with Crippen molar-refractivity contribution < 1.29 is 14.3 Å². The summed E-state index contributed by atoms with van der Waals surface area (Å²) in [5.41, 5.74) is 7.85. The largest absolute Gasteiger partial charge is 0.490 e. The zero-order chi connectivity index (χ0) is 24.4. The molecule has 3 aromatic rings. The maximum atomic E-state index is 13.2. The lowest BCUT2D eigenvalue weighted by atomic mass is 10.0. The second-order valence-corrected chi connectivity index (χ2v) is 11.1. The highest BCUT2D eigenvalue weighted by Gasteiger charge is 2.27. The van der Waals surface area contributed by atoms with Crippen LogP contribution in [0.25, 0.3) is 5.52 Å². The molecule has 0 aliphatic carbocycles. The Morgan fingerprint density at radius 2 is 2.17 bits per heavy atom. The van der Waals surface area contributed by atoms with Crippen molar-refractivity contribution in [2.45, 2.75) is 18.9 Å². The summed E-state index contributed by atoms with van der Waals surface area (Å²) in [5.74, 6) is 0.783. The van der Waals surface area contributed by atoms with Gasteiger partial charge in [-0.1, -0.05) is 11.6 Å². The minimum atomic E-state index is -0.166. The van der Waals surface area contributed by atoms with Crippen molar-refractivity contribution in [1.29, 1.82) is 0 Å². The molecule has 1 amide bonds. The van der Waals surface area contributed by atoms with Crippen molar-refractivity contribution >= 4 is 61.8 Å². The second kappa shape index (κ2) is 10.9. The third kappa shape index (κ3) is 5.51. The van der Waals surface area contributed by atoms with E-state index in [2.05, 4.69) is 41.1 Å². The van der Waals surface area contributed by atoms with Crippen LogP contribution in [0.4, 0.5) is 11.5 Å². The first kappa shape index (κ1) is 24.6. The van der Waals surface area contributed by atoms with Gasteiger partial charge in [0.15, 0.2) is 5.82 Å². The van der Waals surface area contributed by atoms with Crippen LogP contribution in [0.1, 0.15) is 22.5 Å². The summed E-state index contributed by atoms with van der Waals surface area (Å²) in [6.07, 6.45) is 3.25. The molecule has 0 spiro atoms. The SMILES string of the molecule is Nc1ncnn2c(Br)cc(N3CCC[C@@H](NC(=O)c4sc(Cl)cc4OCCN4CCOCC4)C3)c12. The predicted octanol–water partition coefficient (Wildman–Crippen LogP) is 2.90. The molecular weight excluding hydrogens is 558 g/mol. The number of carbonyl (C=O) groups is 1. The van der Waals surface area contributed by atoms with E-state index >= 15 is 0 Å². The van der Waals surface area contributed by atoms with E-state index in [4.69, 9.17) is 26.8 Å².